The Morgan fingerprint density at radius 1 is 1.22 bits per heavy atom. The standard InChI is InChI=1S/C17H18N4O2/c1-11-7-13(8-22)23-17(11)21-10-20-15-14(18-9-19-16(15)21)12-5-3-2-4-6-12/h2-6,9-11,13,17,22H,7-8H2,1H3. The van der Waals surface area contributed by atoms with Crippen molar-refractivity contribution in [2.45, 2.75) is 25.7 Å². The van der Waals surface area contributed by atoms with Crippen molar-refractivity contribution in [3.63, 3.8) is 0 Å². The lowest BCUT2D eigenvalue weighted by Gasteiger charge is -2.17. The van der Waals surface area contributed by atoms with Gasteiger partial charge >= 0.3 is 0 Å². The van der Waals surface area contributed by atoms with Gasteiger partial charge in [0.2, 0.25) is 0 Å². The molecule has 0 bridgehead atoms. The van der Waals surface area contributed by atoms with E-state index in [2.05, 4.69) is 21.9 Å². The smallest absolute Gasteiger partial charge is 0.165 e. The van der Waals surface area contributed by atoms with E-state index in [0.29, 0.717) is 5.92 Å². The summed E-state index contributed by atoms with van der Waals surface area (Å²) in [5, 5.41) is 9.33. The average molecular weight is 310 g/mol. The van der Waals surface area contributed by atoms with Gasteiger partial charge in [0, 0.05) is 11.5 Å². The number of hydrogen-bond donors (Lipinski definition) is 1. The summed E-state index contributed by atoms with van der Waals surface area (Å²) in [5.74, 6) is 0.291. The molecular formula is C17H18N4O2. The third-order valence-corrected chi connectivity index (χ3v) is 4.34. The molecule has 1 aliphatic heterocycles. The van der Waals surface area contributed by atoms with Gasteiger partial charge in [-0.05, 0) is 6.42 Å². The summed E-state index contributed by atoms with van der Waals surface area (Å²) in [5.41, 5.74) is 3.36. The molecule has 0 aliphatic carbocycles. The highest BCUT2D eigenvalue weighted by Crippen LogP contribution is 2.36. The zero-order valence-corrected chi connectivity index (χ0v) is 12.8. The van der Waals surface area contributed by atoms with E-state index < -0.39 is 0 Å². The highest BCUT2D eigenvalue weighted by atomic mass is 16.5. The van der Waals surface area contributed by atoms with E-state index in [1.807, 2.05) is 34.9 Å². The van der Waals surface area contributed by atoms with Gasteiger partial charge < -0.3 is 9.84 Å². The van der Waals surface area contributed by atoms with Crippen molar-refractivity contribution in [3.05, 3.63) is 43.0 Å². The van der Waals surface area contributed by atoms with Crippen molar-refractivity contribution in [2.24, 2.45) is 5.92 Å². The van der Waals surface area contributed by atoms with Crippen LogP contribution in [0.25, 0.3) is 22.4 Å². The predicted molar refractivity (Wildman–Crippen MR) is 85.5 cm³/mol. The summed E-state index contributed by atoms with van der Waals surface area (Å²) in [7, 11) is 0. The lowest BCUT2D eigenvalue weighted by Crippen LogP contribution is -2.15. The van der Waals surface area contributed by atoms with Gasteiger partial charge in [0.1, 0.15) is 23.8 Å². The number of nitrogens with zero attached hydrogens (tertiary/aromatic N) is 4. The number of aliphatic hydroxyl groups excluding tert-OH is 1. The fourth-order valence-electron chi connectivity index (χ4n) is 3.22. The first-order chi connectivity index (χ1) is 11.3. The molecule has 0 saturated carbocycles. The summed E-state index contributed by atoms with van der Waals surface area (Å²) in [6.07, 6.45) is 3.87. The van der Waals surface area contributed by atoms with E-state index in [1.54, 1.807) is 12.7 Å². The molecule has 6 heteroatoms. The van der Waals surface area contributed by atoms with E-state index in [4.69, 9.17) is 4.74 Å². The SMILES string of the molecule is CC1CC(CO)OC1n1cnc2c(-c3ccccc3)ncnc21. The summed E-state index contributed by atoms with van der Waals surface area (Å²) in [4.78, 5) is 13.3. The second-order valence-electron chi connectivity index (χ2n) is 5.96. The minimum Gasteiger partial charge on any atom is -0.394 e. The Morgan fingerprint density at radius 2 is 2.04 bits per heavy atom. The minimum atomic E-state index is -0.157. The maximum absolute atomic E-state index is 9.33. The summed E-state index contributed by atoms with van der Waals surface area (Å²) in [6.45, 7) is 2.16. The zero-order valence-electron chi connectivity index (χ0n) is 12.8. The molecule has 1 aromatic carbocycles. The van der Waals surface area contributed by atoms with Gasteiger partial charge in [0.05, 0.1) is 19.0 Å². The van der Waals surface area contributed by atoms with Crippen molar-refractivity contribution in [2.75, 3.05) is 6.61 Å². The number of imidazole rings is 1. The highest BCUT2D eigenvalue weighted by Gasteiger charge is 2.34. The topological polar surface area (TPSA) is 73.1 Å². The number of aliphatic hydroxyl groups is 1. The Hall–Kier alpha value is -2.31. The first kappa shape index (κ1) is 14.3. The Kier molecular flexibility index (Phi) is 3.55. The number of ether oxygens (including phenoxy) is 1. The zero-order chi connectivity index (χ0) is 15.8. The Labute approximate surface area is 133 Å². The molecule has 2 aromatic heterocycles. The highest BCUT2D eigenvalue weighted by molar-refractivity contribution is 5.87. The molecule has 3 unspecified atom stereocenters. The van der Waals surface area contributed by atoms with Gasteiger partial charge in [-0.1, -0.05) is 37.3 Å². The van der Waals surface area contributed by atoms with E-state index >= 15 is 0 Å². The molecule has 0 amide bonds. The van der Waals surface area contributed by atoms with Crippen LogP contribution in [0.3, 0.4) is 0 Å². The molecule has 1 aliphatic rings. The summed E-state index contributed by atoms with van der Waals surface area (Å²) >= 11 is 0. The number of hydrogen-bond acceptors (Lipinski definition) is 5. The lowest BCUT2D eigenvalue weighted by atomic mass is 10.1. The Bertz CT molecular complexity index is 818. The Balaban J connectivity index is 1.79. The monoisotopic (exact) mass is 310 g/mol. The number of fused-ring (bicyclic) bond motifs is 1. The van der Waals surface area contributed by atoms with Crippen LogP contribution in [0, 0.1) is 5.92 Å². The molecule has 1 saturated heterocycles. The van der Waals surface area contributed by atoms with Crippen molar-refractivity contribution in [1.29, 1.82) is 0 Å². The molecule has 0 spiro atoms. The lowest BCUT2D eigenvalue weighted by molar-refractivity contribution is -0.0294. The van der Waals surface area contributed by atoms with Crippen LogP contribution >= 0.6 is 0 Å². The molecule has 1 fully saturated rings. The van der Waals surface area contributed by atoms with Crippen molar-refractivity contribution >= 4 is 11.2 Å². The molecule has 3 aromatic rings. The fraction of sp³-hybridized carbons (Fsp3) is 0.353. The van der Waals surface area contributed by atoms with Crippen LogP contribution in [0.1, 0.15) is 19.6 Å². The van der Waals surface area contributed by atoms with E-state index in [9.17, 15) is 5.11 Å². The second-order valence-corrected chi connectivity index (χ2v) is 5.96. The van der Waals surface area contributed by atoms with E-state index in [0.717, 1.165) is 28.8 Å². The molecular weight excluding hydrogens is 292 g/mol. The average Bonchev–Trinajstić information content (AvgIpc) is 3.18. The van der Waals surface area contributed by atoms with Gasteiger partial charge in [0.25, 0.3) is 0 Å². The second kappa shape index (κ2) is 5.72. The van der Waals surface area contributed by atoms with Gasteiger partial charge in [0.15, 0.2) is 5.65 Å². The third-order valence-electron chi connectivity index (χ3n) is 4.34. The van der Waals surface area contributed by atoms with Crippen molar-refractivity contribution in [3.8, 4) is 11.3 Å². The molecule has 118 valence electrons. The van der Waals surface area contributed by atoms with E-state index in [-0.39, 0.29) is 18.9 Å². The van der Waals surface area contributed by atoms with Crippen LogP contribution in [-0.2, 0) is 4.74 Å². The number of aromatic nitrogens is 4. The summed E-state index contributed by atoms with van der Waals surface area (Å²) < 4.78 is 7.88. The van der Waals surface area contributed by atoms with Crippen LogP contribution in [0.4, 0.5) is 0 Å². The van der Waals surface area contributed by atoms with Crippen LogP contribution in [0.2, 0.25) is 0 Å². The fourth-order valence-corrected chi connectivity index (χ4v) is 3.22. The minimum absolute atomic E-state index is 0.0394. The molecule has 6 nitrogen and oxygen atoms in total. The molecule has 3 heterocycles. The molecule has 3 atom stereocenters. The molecule has 1 N–H and O–H groups in total. The largest absolute Gasteiger partial charge is 0.394 e. The van der Waals surface area contributed by atoms with Gasteiger partial charge in [-0.3, -0.25) is 4.57 Å². The predicted octanol–water partition coefficient (Wildman–Crippen LogP) is 2.41. The maximum Gasteiger partial charge on any atom is 0.165 e. The van der Waals surface area contributed by atoms with Gasteiger partial charge in [-0.15, -0.1) is 0 Å². The Morgan fingerprint density at radius 3 is 2.78 bits per heavy atom. The first-order valence-electron chi connectivity index (χ1n) is 7.77. The molecule has 23 heavy (non-hydrogen) atoms. The summed E-state index contributed by atoms with van der Waals surface area (Å²) in [6, 6.07) is 9.96. The van der Waals surface area contributed by atoms with Crippen LogP contribution < -0.4 is 0 Å². The van der Waals surface area contributed by atoms with E-state index in [1.165, 1.54) is 0 Å². The normalized spacial score (nSPS) is 24.3. The molecule has 4 rings (SSSR count). The number of rotatable bonds is 3. The van der Waals surface area contributed by atoms with Gasteiger partial charge in [-0.2, -0.15) is 0 Å². The molecule has 0 radical (unpaired) electrons. The third kappa shape index (κ3) is 2.40. The van der Waals surface area contributed by atoms with Crippen molar-refractivity contribution in [1.82, 2.24) is 19.5 Å². The van der Waals surface area contributed by atoms with Crippen LogP contribution in [0.5, 0.6) is 0 Å². The number of benzene rings is 1. The first-order valence-corrected chi connectivity index (χ1v) is 7.77. The van der Waals surface area contributed by atoms with Gasteiger partial charge in [-0.25, -0.2) is 15.0 Å². The van der Waals surface area contributed by atoms with Crippen molar-refractivity contribution < 1.29 is 9.84 Å². The van der Waals surface area contributed by atoms with Crippen LogP contribution in [0.15, 0.2) is 43.0 Å². The maximum atomic E-state index is 9.33. The van der Waals surface area contributed by atoms with Crippen LogP contribution in [-0.4, -0.2) is 37.3 Å². The quantitative estimate of drug-likeness (QED) is 0.804.